The zero-order valence-electron chi connectivity index (χ0n) is 13.4. The lowest BCUT2D eigenvalue weighted by Gasteiger charge is -2.34. The molecular formula is C20H24OS. The van der Waals surface area contributed by atoms with Crippen molar-refractivity contribution in [1.29, 1.82) is 0 Å². The molecule has 0 saturated heterocycles. The number of hydrogen-bond donors (Lipinski definition) is 0. The molecule has 1 aliphatic rings. The second kappa shape index (κ2) is 7.23. The number of para-hydroxylation sites is 1. The third kappa shape index (κ3) is 3.49. The van der Waals surface area contributed by atoms with E-state index < -0.39 is 0 Å². The molecule has 2 atom stereocenters. The molecular weight excluding hydrogens is 288 g/mol. The van der Waals surface area contributed by atoms with Crippen LogP contribution in [0.5, 0.6) is 5.75 Å². The third-order valence-electron chi connectivity index (χ3n) is 4.28. The maximum absolute atomic E-state index is 6.38. The quantitative estimate of drug-likeness (QED) is 0.731. The van der Waals surface area contributed by atoms with Crippen LogP contribution in [0.2, 0.25) is 0 Å². The molecule has 0 fully saturated rings. The molecule has 0 unspecified atom stereocenters. The van der Waals surface area contributed by atoms with E-state index in [4.69, 9.17) is 4.74 Å². The van der Waals surface area contributed by atoms with Crippen LogP contribution >= 0.6 is 11.8 Å². The molecule has 3 rings (SSSR count). The van der Waals surface area contributed by atoms with E-state index >= 15 is 0 Å². The molecule has 0 spiro atoms. The molecule has 0 N–H and O–H groups in total. The van der Waals surface area contributed by atoms with Gasteiger partial charge in [-0.25, -0.2) is 0 Å². The highest BCUT2D eigenvalue weighted by Gasteiger charge is 2.30. The third-order valence-corrected chi connectivity index (χ3v) is 5.68. The molecule has 0 radical (unpaired) electrons. The lowest BCUT2D eigenvalue weighted by molar-refractivity contribution is 0.168. The largest absolute Gasteiger partial charge is 0.489 e. The molecule has 1 aliphatic heterocycles. The number of fused-ring (bicyclic) bond motifs is 1. The number of aryl methyl sites for hydroxylation is 1. The first-order valence-electron chi connectivity index (χ1n) is 8.18. The van der Waals surface area contributed by atoms with Gasteiger partial charge in [-0.15, -0.1) is 11.8 Å². The van der Waals surface area contributed by atoms with Crippen molar-refractivity contribution in [3.63, 3.8) is 0 Å². The fourth-order valence-electron chi connectivity index (χ4n) is 3.09. The predicted octanol–water partition coefficient (Wildman–Crippen LogP) is 5.40. The first kappa shape index (κ1) is 15.5. The van der Waals surface area contributed by atoms with E-state index in [0.717, 1.165) is 24.3 Å². The van der Waals surface area contributed by atoms with Crippen molar-refractivity contribution in [3.8, 4) is 5.75 Å². The predicted molar refractivity (Wildman–Crippen MR) is 95.7 cm³/mol. The number of thioether (sulfide) groups is 1. The van der Waals surface area contributed by atoms with Crippen molar-refractivity contribution in [2.75, 3.05) is 0 Å². The van der Waals surface area contributed by atoms with Crippen LogP contribution in [0.15, 0.2) is 48.5 Å². The molecule has 0 saturated carbocycles. The van der Waals surface area contributed by atoms with Crippen molar-refractivity contribution in [3.05, 3.63) is 65.2 Å². The van der Waals surface area contributed by atoms with Crippen molar-refractivity contribution < 1.29 is 4.74 Å². The zero-order chi connectivity index (χ0) is 15.4. The van der Waals surface area contributed by atoms with Crippen LogP contribution in [0.1, 0.15) is 36.5 Å². The summed E-state index contributed by atoms with van der Waals surface area (Å²) in [6.45, 7) is 4.40. The minimum Gasteiger partial charge on any atom is -0.489 e. The van der Waals surface area contributed by atoms with Gasteiger partial charge in [-0.1, -0.05) is 61.9 Å². The van der Waals surface area contributed by atoms with Gasteiger partial charge >= 0.3 is 0 Å². The summed E-state index contributed by atoms with van der Waals surface area (Å²) in [6.07, 6.45) is 3.78. The van der Waals surface area contributed by atoms with E-state index in [1.54, 1.807) is 0 Å². The van der Waals surface area contributed by atoms with Crippen LogP contribution in [0.4, 0.5) is 0 Å². The highest BCUT2D eigenvalue weighted by molar-refractivity contribution is 7.99. The van der Waals surface area contributed by atoms with Crippen LogP contribution in [-0.2, 0) is 12.2 Å². The Hall–Kier alpha value is -1.41. The maximum Gasteiger partial charge on any atom is 0.125 e. The molecule has 116 valence electrons. The van der Waals surface area contributed by atoms with Gasteiger partial charge in [0.05, 0.1) is 0 Å². The molecule has 1 nitrogen and oxygen atoms in total. The highest BCUT2D eigenvalue weighted by Crippen LogP contribution is 2.37. The van der Waals surface area contributed by atoms with Gasteiger partial charge in [0, 0.05) is 11.0 Å². The number of benzene rings is 2. The minimum absolute atomic E-state index is 0.340. The summed E-state index contributed by atoms with van der Waals surface area (Å²) in [6, 6.07) is 17.3. The standard InChI is InChI=1S/C20H24OS/c1-3-8-18-19(22-14-16-10-5-4-6-11-16)13-17-12-7-9-15(2)20(17)21-18/h4-7,9-12,18-19H,3,8,13-14H2,1-2H3/t18-,19-/m1/s1. The van der Waals surface area contributed by atoms with Gasteiger partial charge in [0.25, 0.3) is 0 Å². The van der Waals surface area contributed by atoms with Gasteiger partial charge in [-0.3, -0.25) is 0 Å². The minimum atomic E-state index is 0.340. The smallest absolute Gasteiger partial charge is 0.125 e. The van der Waals surface area contributed by atoms with E-state index in [1.807, 2.05) is 11.8 Å². The number of hydrogen-bond acceptors (Lipinski definition) is 2. The van der Waals surface area contributed by atoms with Crippen LogP contribution < -0.4 is 4.74 Å². The van der Waals surface area contributed by atoms with Crippen LogP contribution in [0, 0.1) is 6.92 Å². The van der Waals surface area contributed by atoms with Gasteiger partial charge in [-0.05, 0) is 36.5 Å². The second-order valence-corrected chi connectivity index (χ2v) is 7.27. The topological polar surface area (TPSA) is 9.23 Å². The second-order valence-electron chi connectivity index (χ2n) is 6.05. The SMILES string of the molecule is CCC[C@H]1Oc2c(C)cccc2C[C@H]1SCc1ccccc1. The summed E-state index contributed by atoms with van der Waals surface area (Å²) in [5.74, 6) is 2.20. The first-order valence-corrected chi connectivity index (χ1v) is 9.23. The summed E-state index contributed by atoms with van der Waals surface area (Å²) in [7, 11) is 0. The van der Waals surface area contributed by atoms with Crippen molar-refractivity contribution in [1.82, 2.24) is 0 Å². The van der Waals surface area contributed by atoms with Gasteiger partial charge in [0.15, 0.2) is 0 Å². The zero-order valence-corrected chi connectivity index (χ0v) is 14.2. The van der Waals surface area contributed by atoms with E-state index in [0.29, 0.717) is 11.4 Å². The monoisotopic (exact) mass is 312 g/mol. The first-order chi connectivity index (χ1) is 10.8. The Labute approximate surface area is 138 Å². The van der Waals surface area contributed by atoms with E-state index in [1.165, 1.54) is 23.1 Å². The fourth-order valence-corrected chi connectivity index (χ4v) is 4.39. The van der Waals surface area contributed by atoms with Crippen LogP contribution in [0.25, 0.3) is 0 Å². The Balaban J connectivity index is 1.74. The average molecular weight is 312 g/mol. The molecule has 0 bridgehead atoms. The molecule has 0 amide bonds. The fraction of sp³-hybridized carbons (Fsp3) is 0.400. The van der Waals surface area contributed by atoms with E-state index in [9.17, 15) is 0 Å². The summed E-state index contributed by atoms with van der Waals surface area (Å²) in [5, 5.41) is 0.550. The Morgan fingerprint density at radius 1 is 1.09 bits per heavy atom. The van der Waals surface area contributed by atoms with Crippen LogP contribution in [0.3, 0.4) is 0 Å². The molecule has 0 aromatic heterocycles. The summed E-state index contributed by atoms with van der Waals surface area (Å²) < 4.78 is 6.38. The lowest BCUT2D eigenvalue weighted by atomic mass is 9.97. The van der Waals surface area contributed by atoms with Gasteiger partial charge < -0.3 is 4.74 Å². The Kier molecular flexibility index (Phi) is 5.09. The number of rotatable bonds is 5. The Morgan fingerprint density at radius 3 is 2.68 bits per heavy atom. The Morgan fingerprint density at radius 2 is 1.91 bits per heavy atom. The molecule has 22 heavy (non-hydrogen) atoms. The summed E-state index contributed by atoms with van der Waals surface area (Å²) >= 11 is 2.04. The molecule has 1 heterocycles. The van der Waals surface area contributed by atoms with Crippen molar-refractivity contribution in [2.45, 2.75) is 50.2 Å². The molecule has 2 aromatic rings. The molecule has 2 heteroatoms. The Bertz CT molecular complexity index is 608. The maximum atomic E-state index is 6.38. The van der Waals surface area contributed by atoms with Crippen LogP contribution in [-0.4, -0.2) is 11.4 Å². The average Bonchev–Trinajstić information content (AvgIpc) is 2.55. The summed E-state index contributed by atoms with van der Waals surface area (Å²) in [4.78, 5) is 0. The van der Waals surface area contributed by atoms with Crippen molar-refractivity contribution in [2.24, 2.45) is 0 Å². The van der Waals surface area contributed by atoms with Crippen molar-refractivity contribution >= 4 is 11.8 Å². The van der Waals surface area contributed by atoms with Gasteiger partial charge in [0.1, 0.15) is 11.9 Å². The lowest BCUT2D eigenvalue weighted by Crippen LogP contribution is -2.35. The molecule has 0 aliphatic carbocycles. The van der Waals surface area contributed by atoms with E-state index in [2.05, 4.69) is 62.4 Å². The summed E-state index contributed by atoms with van der Waals surface area (Å²) in [5.41, 5.74) is 4.04. The normalized spacial score (nSPS) is 20.3. The van der Waals surface area contributed by atoms with Gasteiger partial charge in [-0.2, -0.15) is 0 Å². The van der Waals surface area contributed by atoms with Gasteiger partial charge in [0.2, 0.25) is 0 Å². The molecule has 2 aromatic carbocycles. The highest BCUT2D eigenvalue weighted by atomic mass is 32.2. The number of ether oxygens (including phenoxy) is 1. The van der Waals surface area contributed by atoms with E-state index in [-0.39, 0.29) is 0 Å².